The maximum atomic E-state index is 12.3. The van der Waals surface area contributed by atoms with Gasteiger partial charge in [-0.05, 0) is 49.3 Å². The molecule has 0 atom stereocenters. The molecule has 3 amide bonds. The van der Waals surface area contributed by atoms with E-state index in [1.54, 1.807) is 6.20 Å². The third-order valence-corrected chi connectivity index (χ3v) is 5.42. The smallest absolute Gasteiger partial charge is 0.346 e. The monoisotopic (exact) mass is 409 g/mol. The maximum absolute atomic E-state index is 12.3. The van der Waals surface area contributed by atoms with Crippen LogP contribution in [-0.2, 0) is 4.79 Å². The lowest BCUT2D eigenvalue weighted by Gasteiger charge is -2.32. The van der Waals surface area contributed by atoms with E-state index in [-0.39, 0.29) is 17.7 Å². The van der Waals surface area contributed by atoms with E-state index in [2.05, 4.69) is 15.3 Å². The summed E-state index contributed by atoms with van der Waals surface area (Å²) in [6, 6.07) is 3.10. The normalized spacial score (nSPS) is 18.1. The van der Waals surface area contributed by atoms with Crippen molar-refractivity contribution in [1.29, 1.82) is 0 Å². The third kappa shape index (κ3) is 4.63. The number of anilines is 1. The number of H-pyrrole nitrogens is 1. The average molecular weight is 409 g/mol. The molecule has 2 aromatic heterocycles. The summed E-state index contributed by atoms with van der Waals surface area (Å²) in [7, 11) is 0. The number of carbonyl (C=O) groups excluding carboxylic acids is 2. The van der Waals surface area contributed by atoms with E-state index in [9.17, 15) is 22.8 Å². The second kappa shape index (κ2) is 7.57. The van der Waals surface area contributed by atoms with Gasteiger partial charge in [0.25, 0.3) is 0 Å². The molecule has 0 radical (unpaired) electrons. The number of piperidine rings is 1. The summed E-state index contributed by atoms with van der Waals surface area (Å²) in [6.07, 6.45) is 0.412. The van der Waals surface area contributed by atoms with Crippen LogP contribution in [0.25, 0.3) is 11.0 Å². The minimum atomic E-state index is -4.42. The van der Waals surface area contributed by atoms with E-state index in [0.717, 1.165) is 23.8 Å². The Morgan fingerprint density at radius 3 is 2.59 bits per heavy atom. The number of alkyl halides is 3. The Balaban J connectivity index is 1.44. The van der Waals surface area contributed by atoms with Crippen molar-refractivity contribution in [3.05, 3.63) is 23.9 Å². The summed E-state index contributed by atoms with van der Waals surface area (Å²) in [6.45, 7) is -0.594. The van der Waals surface area contributed by atoms with Crippen LogP contribution in [-0.4, -0.2) is 52.6 Å². The van der Waals surface area contributed by atoms with Gasteiger partial charge in [-0.1, -0.05) is 0 Å². The van der Waals surface area contributed by atoms with Crippen molar-refractivity contribution in [2.45, 2.75) is 37.8 Å². The SMILES string of the molecule is O=C(Nc1cc(C2CCN(C(=O)NCC(F)(F)F)CC2)c2cc[nH]c2n1)C1CC1. The number of hydrogen-bond acceptors (Lipinski definition) is 3. The molecule has 2 fully saturated rings. The number of hydrogen-bond donors (Lipinski definition) is 3. The second-order valence-corrected chi connectivity index (χ2v) is 7.64. The van der Waals surface area contributed by atoms with Gasteiger partial charge in [-0.3, -0.25) is 4.79 Å². The predicted molar refractivity (Wildman–Crippen MR) is 100 cm³/mol. The van der Waals surface area contributed by atoms with Crippen LogP contribution in [0.2, 0.25) is 0 Å². The first-order chi connectivity index (χ1) is 13.8. The molecule has 0 bridgehead atoms. The highest BCUT2D eigenvalue weighted by Gasteiger charge is 2.32. The van der Waals surface area contributed by atoms with Gasteiger partial charge in [0.05, 0.1) is 0 Å². The summed E-state index contributed by atoms with van der Waals surface area (Å²) in [4.78, 5) is 33.0. The number of nitrogens with one attached hydrogen (secondary N) is 3. The zero-order chi connectivity index (χ0) is 20.6. The Morgan fingerprint density at radius 1 is 1.21 bits per heavy atom. The number of nitrogens with zero attached hydrogens (tertiary/aromatic N) is 2. The third-order valence-electron chi connectivity index (χ3n) is 5.42. The van der Waals surface area contributed by atoms with Gasteiger partial charge in [-0.15, -0.1) is 0 Å². The van der Waals surface area contributed by atoms with Crippen molar-refractivity contribution < 1.29 is 22.8 Å². The molecule has 3 N–H and O–H groups in total. The van der Waals surface area contributed by atoms with E-state index in [0.29, 0.717) is 37.4 Å². The van der Waals surface area contributed by atoms with Crippen molar-refractivity contribution in [2.75, 3.05) is 25.0 Å². The fraction of sp³-hybridized carbons (Fsp3) is 0.526. The van der Waals surface area contributed by atoms with E-state index in [1.165, 1.54) is 4.90 Å². The van der Waals surface area contributed by atoms with E-state index >= 15 is 0 Å². The van der Waals surface area contributed by atoms with Crippen molar-refractivity contribution in [3.8, 4) is 0 Å². The molecular formula is C19H22F3N5O2. The minimum absolute atomic E-state index is 0.0227. The fourth-order valence-corrected chi connectivity index (χ4v) is 3.72. The lowest BCUT2D eigenvalue weighted by atomic mass is 9.88. The molecule has 1 saturated heterocycles. The van der Waals surface area contributed by atoms with Gasteiger partial charge in [-0.2, -0.15) is 13.2 Å². The molecule has 29 heavy (non-hydrogen) atoms. The minimum Gasteiger partial charge on any atom is -0.346 e. The molecule has 10 heteroatoms. The van der Waals surface area contributed by atoms with Crippen molar-refractivity contribution in [3.63, 3.8) is 0 Å². The standard InChI is InChI=1S/C19H22F3N5O2/c20-19(21,22)10-24-18(29)27-7-4-11(5-8-27)14-9-15(26-17(28)12-1-2-12)25-16-13(14)3-6-23-16/h3,6,9,11-12H,1-2,4-5,7-8,10H2,(H,24,29)(H2,23,25,26,28). The molecule has 0 aromatic carbocycles. The highest BCUT2D eigenvalue weighted by atomic mass is 19.4. The Kier molecular flexibility index (Phi) is 5.10. The fourth-order valence-electron chi connectivity index (χ4n) is 3.72. The number of aromatic amines is 1. The topological polar surface area (TPSA) is 90.1 Å². The first-order valence-electron chi connectivity index (χ1n) is 9.68. The summed E-state index contributed by atoms with van der Waals surface area (Å²) in [5.41, 5.74) is 1.71. The van der Waals surface area contributed by atoms with Gasteiger partial charge in [0.2, 0.25) is 5.91 Å². The molecule has 2 aromatic rings. The molecule has 4 rings (SSSR count). The quantitative estimate of drug-likeness (QED) is 0.723. The summed E-state index contributed by atoms with van der Waals surface area (Å²) in [5, 5.41) is 5.74. The number of pyridine rings is 1. The number of halogens is 3. The average Bonchev–Trinajstić information content (AvgIpc) is 3.43. The van der Waals surface area contributed by atoms with Gasteiger partial charge in [-0.25, -0.2) is 9.78 Å². The summed E-state index contributed by atoms with van der Waals surface area (Å²) in [5.74, 6) is 0.667. The molecule has 0 spiro atoms. The Bertz CT molecular complexity index is 914. The molecular weight excluding hydrogens is 387 g/mol. The molecule has 1 aliphatic heterocycles. The van der Waals surface area contributed by atoms with E-state index in [1.807, 2.05) is 17.4 Å². The first-order valence-corrected chi connectivity index (χ1v) is 9.68. The van der Waals surface area contributed by atoms with Crippen molar-refractivity contribution >= 4 is 28.8 Å². The van der Waals surface area contributed by atoms with Crippen LogP contribution in [0.3, 0.4) is 0 Å². The van der Waals surface area contributed by atoms with Crippen LogP contribution in [0.1, 0.15) is 37.2 Å². The second-order valence-electron chi connectivity index (χ2n) is 7.64. The van der Waals surface area contributed by atoms with Gasteiger partial charge in [0.1, 0.15) is 18.0 Å². The Morgan fingerprint density at radius 2 is 1.93 bits per heavy atom. The lowest BCUT2D eigenvalue weighted by Crippen LogP contribution is -2.46. The molecule has 0 unspecified atom stereocenters. The molecule has 3 heterocycles. The summed E-state index contributed by atoms with van der Waals surface area (Å²) >= 11 is 0. The van der Waals surface area contributed by atoms with Gasteiger partial charge in [0, 0.05) is 30.6 Å². The predicted octanol–water partition coefficient (Wildman–Crippen LogP) is 3.36. The number of fused-ring (bicyclic) bond motifs is 1. The number of amides is 3. The molecule has 2 aliphatic rings. The van der Waals surface area contributed by atoms with E-state index in [4.69, 9.17) is 0 Å². The van der Waals surface area contributed by atoms with Crippen LogP contribution >= 0.6 is 0 Å². The molecule has 1 aliphatic carbocycles. The van der Waals surface area contributed by atoms with Crippen LogP contribution in [0.4, 0.5) is 23.8 Å². The first kappa shape index (κ1) is 19.5. The van der Waals surface area contributed by atoms with Crippen molar-refractivity contribution in [2.24, 2.45) is 5.92 Å². The van der Waals surface area contributed by atoms with Gasteiger partial charge < -0.3 is 20.5 Å². The number of rotatable bonds is 4. The van der Waals surface area contributed by atoms with Gasteiger partial charge in [0.15, 0.2) is 0 Å². The van der Waals surface area contributed by atoms with Crippen LogP contribution in [0, 0.1) is 5.92 Å². The highest BCUT2D eigenvalue weighted by molar-refractivity contribution is 5.94. The maximum Gasteiger partial charge on any atom is 0.405 e. The van der Waals surface area contributed by atoms with Crippen LogP contribution < -0.4 is 10.6 Å². The van der Waals surface area contributed by atoms with Gasteiger partial charge >= 0.3 is 12.2 Å². The molecule has 7 nitrogen and oxygen atoms in total. The largest absolute Gasteiger partial charge is 0.405 e. The van der Waals surface area contributed by atoms with Crippen molar-refractivity contribution in [1.82, 2.24) is 20.2 Å². The highest BCUT2D eigenvalue weighted by Crippen LogP contribution is 2.35. The zero-order valence-corrected chi connectivity index (χ0v) is 15.7. The number of likely N-dealkylation sites (tertiary alicyclic amines) is 1. The van der Waals surface area contributed by atoms with Crippen LogP contribution in [0.15, 0.2) is 18.3 Å². The summed E-state index contributed by atoms with van der Waals surface area (Å²) < 4.78 is 36.9. The molecule has 1 saturated carbocycles. The lowest BCUT2D eigenvalue weighted by molar-refractivity contribution is -0.123. The Hall–Kier alpha value is -2.78. The molecule has 156 valence electrons. The number of carbonyl (C=O) groups is 2. The number of urea groups is 1. The van der Waals surface area contributed by atoms with Crippen LogP contribution in [0.5, 0.6) is 0 Å². The Labute approximate surface area is 165 Å². The zero-order valence-electron chi connectivity index (χ0n) is 15.7. The van der Waals surface area contributed by atoms with E-state index < -0.39 is 18.8 Å². The number of aromatic nitrogens is 2.